The average Bonchev–Trinajstić information content (AvgIpc) is 3.68. The normalized spacial score (nSPS) is 15.5. The molecule has 0 saturated carbocycles. The number of ether oxygens (including phenoxy) is 3. The summed E-state index contributed by atoms with van der Waals surface area (Å²) in [5.41, 5.74) is 1.70. The van der Waals surface area contributed by atoms with E-state index in [0.29, 0.717) is 58.3 Å². The zero-order valence-corrected chi connectivity index (χ0v) is 29.4. The second-order valence-corrected chi connectivity index (χ2v) is 13.5. The molecular formula is C37H40FN3O6S2. The number of aromatic nitrogens is 2. The lowest BCUT2D eigenvalue weighted by atomic mass is 9.95. The molecule has 3 aromatic carbocycles. The van der Waals surface area contributed by atoms with Crippen LogP contribution < -0.4 is 19.1 Å². The van der Waals surface area contributed by atoms with Gasteiger partial charge in [-0.15, -0.1) is 10.2 Å². The molecule has 0 spiro atoms. The Kier molecular flexibility index (Phi) is 12.7. The molecule has 1 aliphatic heterocycles. The van der Waals surface area contributed by atoms with Crippen molar-refractivity contribution in [2.45, 2.75) is 69.0 Å². The molecule has 1 saturated heterocycles. The number of thioether (sulfide) groups is 1. The number of unbranched alkanes of at least 4 members (excludes halogenated alkanes) is 3. The van der Waals surface area contributed by atoms with Gasteiger partial charge in [-0.2, -0.15) is 0 Å². The van der Waals surface area contributed by atoms with E-state index in [-0.39, 0.29) is 22.3 Å². The number of carbonyl (C=O) groups is 2. The number of hydrogen-bond donors (Lipinski definition) is 1. The Morgan fingerprint density at radius 3 is 2.33 bits per heavy atom. The molecule has 49 heavy (non-hydrogen) atoms. The first-order valence-electron chi connectivity index (χ1n) is 16.5. The van der Waals surface area contributed by atoms with E-state index in [9.17, 15) is 19.1 Å². The van der Waals surface area contributed by atoms with Gasteiger partial charge in [0, 0.05) is 11.3 Å². The summed E-state index contributed by atoms with van der Waals surface area (Å²) in [7, 11) is 0. The van der Waals surface area contributed by atoms with Gasteiger partial charge < -0.3 is 19.3 Å². The fourth-order valence-electron chi connectivity index (χ4n) is 5.24. The standard InChI is InChI=1S/C37H40FN3O6S2/c1-4-7-9-21-47-29-19-14-26(22-30(29)45-6-3)32-31(33(42)25-12-17-28(18-13-25)46-20-8-5-2)34(43)35(44)41(32)36-39-40-37(49-36)48-23-24-10-15-27(38)16-11-24/h10-19,22,32,42H,4-9,20-21,23H2,1-3H3/b33-31-. The maximum absolute atomic E-state index is 13.8. The molecule has 1 aliphatic rings. The number of carbonyl (C=O) groups excluding carboxylic acids is 2. The molecule has 1 fully saturated rings. The number of rotatable bonds is 17. The molecular weight excluding hydrogens is 666 g/mol. The minimum atomic E-state index is -1.03. The number of Topliss-reactive ketones (excluding diaryl/α,β-unsaturated/α-hetero) is 1. The van der Waals surface area contributed by atoms with Crippen molar-refractivity contribution in [2.75, 3.05) is 24.7 Å². The summed E-state index contributed by atoms with van der Waals surface area (Å²) in [6.07, 6.45) is 4.90. The quantitative estimate of drug-likeness (QED) is 0.0288. The summed E-state index contributed by atoms with van der Waals surface area (Å²) in [6, 6.07) is 17.2. The number of ketones is 1. The van der Waals surface area contributed by atoms with E-state index in [0.717, 1.165) is 49.0 Å². The Balaban J connectivity index is 1.52. The Hall–Kier alpha value is -4.42. The predicted octanol–water partition coefficient (Wildman–Crippen LogP) is 8.74. The zero-order valence-electron chi connectivity index (χ0n) is 27.8. The van der Waals surface area contributed by atoms with Gasteiger partial charge in [0.1, 0.15) is 17.3 Å². The van der Waals surface area contributed by atoms with Crippen molar-refractivity contribution in [3.8, 4) is 17.2 Å². The molecule has 258 valence electrons. The topological polar surface area (TPSA) is 111 Å². The Morgan fingerprint density at radius 2 is 1.61 bits per heavy atom. The van der Waals surface area contributed by atoms with Crippen molar-refractivity contribution in [1.29, 1.82) is 0 Å². The van der Waals surface area contributed by atoms with E-state index in [1.54, 1.807) is 54.6 Å². The van der Waals surface area contributed by atoms with Crippen LogP contribution in [0.15, 0.2) is 76.6 Å². The molecule has 4 aromatic rings. The maximum Gasteiger partial charge on any atom is 0.301 e. The lowest BCUT2D eigenvalue weighted by molar-refractivity contribution is -0.132. The maximum atomic E-state index is 13.8. The highest BCUT2D eigenvalue weighted by Gasteiger charge is 2.48. The number of amides is 1. The third kappa shape index (κ3) is 8.79. The molecule has 12 heteroatoms. The van der Waals surface area contributed by atoms with E-state index in [2.05, 4.69) is 24.0 Å². The molecule has 0 aliphatic carbocycles. The van der Waals surface area contributed by atoms with E-state index < -0.39 is 17.7 Å². The van der Waals surface area contributed by atoms with Crippen LogP contribution in [0, 0.1) is 5.82 Å². The molecule has 0 radical (unpaired) electrons. The number of nitrogens with zero attached hydrogens (tertiary/aromatic N) is 3. The second-order valence-electron chi connectivity index (χ2n) is 11.4. The largest absolute Gasteiger partial charge is 0.507 e. The van der Waals surface area contributed by atoms with Crippen LogP contribution in [0.25, 0.3) is 5.76 Å². The lowest BCUT2D eigenvalue weighted by Gasteiger charge is -2.23. The molecule has 1 atom stereocenters. The first-order valence-corrected chi connectivity index (χ1v) is 18.3. The van der Waals surface area contributed by atoms with Crippen LogP contribution >= 0.6 is 23.1 Å². The molecule has 1 amide bonds. The van der Waals surface area contributed by atoms with Crippen LogP contribution in [-0.4, -0.2) is 46.8 Å². The minimum Gasteiger partial charge on any atom is -0.507 e. The van der Waals surface area contributed by atoms with Crippen molar-refractivity contribution >= 4 is 45.7 Å². The van der Waals surface area contributed by atoms with Gasteiger partial charge >= 0.3 is 5.91 Å². The van der Waals surface area contributed by atoms with Gasteiger partial charge in [-0.05, 0) is 79.4 Å². The molecule has 1 N–H and O–H groups in total. The summed E-state index contributed by atoms with van der Waals surface area (Å²) in [4.78, 5) is 28.9. The van der Waals surface area contributed by atoms with Crippen LogP contribution in [0.5, 0.6) is 17.2 Å². The Morgan fingerprint density at radius 1 is 0.878 bits per heavy atom. The number of halogens is 1. The van der Waals surface area contributed by atoms with E-state index >= 15 is 0 Å². The molecule has 9 nitrogen and oxygen atoms in total. The first-order chi connectivity index (χ1) is 23.8. The number of aliphatic hydroxyl groups excluding tert-OH is 1. The molecule has 5 rings (SSSR count). The highest BCUT2D eigenvalue weighted by atomic mass is 32.2. The highest BCUT2D eigenvalue weighted by Crippen LogP contribution is 2.46. The van der Waals surface area contributed by atoms with Gasteiger partial charge in [-0.3, -0.25) is 14.5 Å². The fourth-order valence-corrected chi connectivity index (χ4v) is 7.07. The Labute approximate surface area is 294 Å². The predicted molar refractivity (Wildman–Crippen MR) is 190 cm³/mol. The summed E-state index contributed by atoms with van der Waals surface area (Å²) in [6.45, 7) is 7.52. The molecule has 1 unspecified atom stereocenters. The summed E-state index contributed by atoms with van der Waals surface area (Å²) in [5.74, 6) is -0.170. The van der Waals surface area contributed by atoms with Crippen molar-refractivity contribution in [3.63, 3.8) is 0 Å². The van der Waals surface area contributed by atoms with Gasteiger partial charge in [0.05, 0.1) is 31.4 Å². The van der Waals surface area contributed by atoms with Crippen molar-refractivity contribution in [3.05, 3.63) is 94.8 Å². The average molecular weight is 706 g/mol. The van der Waals surface area contributed by atoms with E-state index in [1.807, 2.05) is 6.92 Å². The Bertz CT molecular complexity index is 1760. The van der Waals surface area contributed by atoms with Crippen LogP contribution in [0.1, 0.15) is 75.6 Å². The van der Waals surface area contributed by atoms with Crippen LogP contribution in [0.4, 0.5) is 9.52 Å². The van der Waals surface area contributed by atoms with E-state index in [1.165, 1.54) is 28.8 Å². The van der Waals surface area contributed by atoms with Gasteiger partial charge in [0.25, 0.3) is 5.78 Å². The third-order valence-corrected chi connectivity index (χ3v) is 9.93. The van der Waals surface area contributed by atoms with Crippen molar-refractivity contribution < 1.29 is 33.3 Å². The SMILES string of the molecule is CCCCCOc1ccc(C2/C(=C(/O)c3ccc(OCCCC)cc3)C(=O)C(=O)N2c2nnc(SCc3ccc(F)cc3)s2)cc1OCC. The minimum absolute atomic E-state index is 0.0839. The zero-order chi connectivity index (χ0) is 34.8. The second kappa shape index (κ2) is 17.3. The molecule has 2 heterocycles. The van der Waals surface area contributed by atoms with Crippen LogP contribution in [0.3, 0.4) is 0 Å². The smallest absolute Gasteiger partial charge is 0.301 e. The summed E-state index contributed by atoms with van der Waals surface area (Å²) >= 11 is 2.54. The van der Waals surface area contributed by atoms with Crippen LogP contribution in [-0.2, 0) is 15.3 Å². The fraction of sp³-hybridized carbons (Fsp3) is 0.351. The summed E-state index contributed by atoms with van der Waals surface area (Å²) in [5, 5.41) is 20.4. The first kappa shape index (κ1) is 35.9. The van der Waals surface area contributed by atoms with Gasteiger partial charge in [0.2, 0.25) is 5.13 Å². The number of aliphatic hydroxyl groups is 1. The van der Waals surface area contributed by atoms with Crippen LogP contribution in [0.2, 0.25) is 0 Å². The van der Waals surface area contributed by atoms with Gasteiger partial charge in [-0.1, -0.05) is 74.4 Å². The number of hydrogen-bond acceptors (Lipinski definition) is 10. The summed E-state index contributed by atoms with van der Waals surface area (Å²) < 4.78 is 31.7. The monoisotopic (exact) mass is 705 g/mol. The van der Waals surface area contributed by atoms with Gasteiger partial charge in [-0.25, -0.2) is 4.39 Å². The third-order valence-electron chi connectivity index (χ3n) is 7.81. The van der Waals surface area contributed by atoms with Crippen molar-refractivity contribution in [2.24, 2.45) is 0 Å². The van der Waals surface area contributed by atoms with Gasteiger partial charge in [0.15, 0.2) is 15.8 Å². The molecule has 1 aromatic heterocycles. The van der Waals surface area contributed by atoms with Crippen molar-refractivity contribution in [1.82, 2.24) is 10.2 Å². The van der Waals surface area contributed by atoms with E-state index in [4.69, 9.17) is 14.2 Å². The number of anilines is 1. The number of benzene rings is 3. The lowest BCUT2D eigenvalue weighted by Crippen LogP contribution is -2.29. The highest BCUT2D eigenvalue weighted by molar-refractivity contribution is 8.00. The molecule has 0 bridgehead atoms.